The van der Waals surface area contributed by atoms with Gasteiger partial charge in [0, 0.05) is 17.5 Å². The maximum absolute atomic E-state index is 11.8. The molecule has 4 heteroatoms. The van der Waals surface area contributed by atoms with Gasteiger partial charge in [-0.15, -0.1) is 0 Å². The fraction of sp³-hybridized carbons (Fsp3) is 0.533. The highest BCUT2D eigenvalue weighted by Gasteiger charge is 2.09. The van der Waals surface area contributed by atoms with Gasteiger partial charge < -0.3 is 10.6 Å². The molecule has 0 saturated heterocycles. The van der Waals surface area contributed by atoms with Gasteiger partial charge in [0.25, 0.3) is 0 Å². The van der Waals surface area contributed by atoms with Crippen LogP contribution in [-0.4, -0.2) is 18.5 Å². The van der Waals surface area contributed by atoms with Gasteiger partial charge in [-0.2, -0.15) is 0 Å². The minimum absolute atomic E-state index is 0.00995. The van der Waals surface area contributed by atoms with Crippen molar-refractivity contribution >= 4 is 17.5 Å². The van der Waals surface area contributed by atoms with Crippen LogP contribution >= 0.6 is 11.6 Å². The molecule has 0 aliphatic heterocycles. The van der Waals surface area contributed by atoms with Crippen molar-refractivity contribution in [3.05, 3.63) is 34.9 Å². The number of benzene rings is 1. The van der Waals surface area contributed by atoms with E-state index in [0.717, 1.165) is 18.5 Å². The van der Waals surface area contributed by atoms with Crippen molar-refractivity contribution in [3.8, 4) is 0 Å². The molecule has 1 rings (SSSR count). The molecule has 0 aromatic heterocycles. The van der Waals surface area contributed by atoms with Gasteiger partial charge in [0.15, 0.2) is 0 Å². The predicted molar refractivity (Wildman–Crippen MR) is 80.4 cm³/mol. The lowest BCUT2D eigenvalue weighted by Gasteiger charge is -2.15. The number of hydrogen-bond acceptors (Lipinski definition) is 2. The molecule has 3 nitrogen and oxygen atoms in total. The fourth-order valence-corrected chi connectivity index (χ4v) is 2.01. The summed E-state index contributed by atoms with van der Waals surface area (Å²) in [6.07, 6.45) is 1.40. The van der Waals surface area contributed by atoms with E-state index in [2.05, 4.69) is 24.5 Å². The van der Waals surface area contributed by atoms with E-state index in [1.54, 1.807) is 0 Å². The van der Waals surface area contributed by atoms with Crippen LogP contribution in [0.15, 0.2) is 24.3 Å². The van der Waals surface area contributed by atoms with Crippen molar-refractivity contribution in [2.45, 2.75) is 45.7 Å². The Morgan fingerprint density at radius 1 is 1.32 bits per heavy atom. The number of carbonyl (C=O) groups is 1. The Labute approximate surface area is 120 Å². The molecule has 106 valence electrons. The number of rotatable bonds is 7. The summed E-state index contributed by atoms with van der Waals surface area (Å²) in [6.45, 7) is 7.04. The van der Waals surface area contributed by atoms with E-state index in [1.807, 2.05) is 31.2 Å². The molecule has 19 heavy (non-hydrogen) atoms. The van der Waals surface area contributed by atoms with Crippen molar-refractivity contribution in [3.63, 3.8) is 0 Å². The largest absolute Gasteiger partial charge is 0.350 e. The standard InChI is InChI=1S/C15H23ClN2O/c1-11(2)17-9-5-8-15(19)18-12(3)13-6-4-7-14(16)10-13/h4,6-7,10-12,17H,5,8-9H2,1-3H3,(H,18,19). The van der Waals surface area contributed by atoms with Gasteiger partial charge in [0.2, 0.25) is 5.91 Å². The minimum atomic E-state index is -0.00995. The van der Waals surface area contributed by atoms with E-state index in [-0.39, 0.29) is 11.9 Å². The monoisotopic (exact) mass is 282 g/mol. The molecular formula is C15H23ClN2O. The highest BCUT2D eigenvalue weighted by Crippen LogP contribution is 2.17. The number of halogens is 1. The third-order valence-corrected chi connectivity index (χ3v) is 3.09. The Bertz CT molecular complexity index is 407. The lowest BCUT2D eigenvalue weighted by atomic mass is 10.1. The Morgan fingerprint density at radius 3 is 2.68 bits per heavy atom. The third kappa shape index (κ3) is 6.60. The minimum Gasteiger partial charge on any atom is -0.350 e. The Morgan fingerprint density at radius 2 is 2.05 bits per heavy atom. The normalized spacial score (nSPS) is 12.5. The average Bonchev–Trinajstić information content (AvgIpc) is 2.34. The summed E-state index contributed by atoms with van der Waals surface area (Å²) >= 11 is 5.94. The van der Waals surface area contributed by atoms with Gasteiger partial charge in [-0.1, -0.05) is 37.6 Å². The Kier molecular flexibility index (Phi) is 6.89. The molecule has 0 aliphatic rings. The molecule has 1 amide bonds. The molecule has 0 spiro atoms. The molecule has 0 aliphatic carbocycles. The second kappa shape index (κ2) is 8.18. The molecule has 1 aromatic carbocycles. The van der Waals surface area contributed by atoms with Crippen molar-refractivity contribution in [2.75, 3.05) is 6.54 Å². The number of nitrogens with one attached hydrogen (secondary N) is 2. The zero-order chi connectivity index (χ0) is 14.3. The van der Waals surface area contributed by atoms with Crippen LogP contribution in [0.4, 0.5) is 0 Å². The van der Waals surface area contributed by atoms with Gasteiger partial charge >= 0.3 is 0 Å². The molecule has 0 fully saturated rings. The number of hydrogen-bond donors (Lipinski definition) is 2. The van der Waals surface area contributed by atoms with Crippen LogP contribution < -0.4 is 10.6 Å². The van der Waals surface area contributed by atoms with Crippen LogP contribution in [0.3, 0.4) is 0 Å². The second-order valence-electron chi connectivity index (χ2n) is 5.06. The van der Waals surface area contributed by atoms with E-state index < -0.39 is 0 Å². The topological polar surface area (TPSA) is 41.1 Å². The van der Waals surface area contributed by atoms with Gasteiger partial charge in [0.05, 0.1) is 6.04 Å². The highest BCUT2D eigenvalue weighted by molar-refractivity contribution is 6.30. The van der Waals surface area contributed by atoms with Crippen molar-refractivity contribution < 1.29 is 4.79 Å². The van der Waals surface area contributed by atoms with Gasteiger partial charge in [-0.25, -0.2) is 0 Å². The summed E-state index contributed by atoms with van der Waals surface area (Å²) in [5.41, 5.74) is 1.03. The summed E-state index contributed by atoms with van der Waals surface area (Å²) in [6, 6.07) is 8.03. The maximum atomic E-state index is 11.8. The first-order valence-corrected chi connectivity index (χ1v) is 7.15. The SMILES string of the molecule is CC(C)NCCCC(=O)NC(C)c1cccc(Cl)c1. The van der Waals surface area contributed by atoms with Gasteiger partial charge in [-0.05, 0) is 37.6 Å². The molecule has 0 heterocycles. The first-order valence-electron chi connectivity index (χ1n) is 6.77. The smallest absolute Gasteiger partial charge is 0.220 e. The summed E-state index contributed by atoms with van der Waals surface area (Å²) < 4.78 is 0. The van der Waals surface area contributed by atoms with Crippen LogP contribution in [0.5, 0.6) is 0 Å². The molecule has 1 atom stereocenters. The van der Waals surface area contributed by atoms with E-state index >= 15 is 0 Å². The lowest BCUT2D eigenvalue weighted by molar-refractivity contribution is -0.121. The van der Waals surface area contributed by atoms with Gasteiger partial charge in [0.1, 0.15) is 0 Å². The van der Waals surface area contributed by atoms with E-state index in [1.165, 1.54) is 0 Å². The van der Waals surface area contributed by atoms with Crippen LogP contribution in [0, 0.1) is 0 Å². The molecule has 2 N–H and O–H groups in total. The summed E-state index contributed by atoms with van der Waals surface area (Å²) in [5, 5.41) is 6.98. The molecular weight excluding hydrogens is 260 g/mol. The van der Waals surface area contributed by atoms with Crippen molar-refractivity contribution in [1.29, 1.82) is 0 Å². The van der Waals surface area contributed by atoms with E-state index in [0.29, 0.717) is 17.5 Å². The third-order valence-electron chi connectivity index (χ3n) is 2.86. The average molecular weight is 283 g/mol. The van der Waals surface area contributed by atoms with E-state index in [4.69, 9.17) is 11.6 Å². The zero-order valence-electron chi connectivity index (χ0n) is 11.9. The summed E-state index contributed by atoms with van der Waals surface area (Å²) in [4.78, 5) is 11.8. The first-order chi connectivity index (χ1) is 8.99. The quantitative estimate of drug-likeness (QED) is 0.754. The van der Waals surface area contributed by atoms with Crippen LogP contribution in [0.1, 0.15) is 45.2 Å². The summed E-state index contributed by atoms with van der Waals surface area (Å²) in [5.74, 6) is 0.0815. The van der Waals surface area contributed by atoms with Crippen LogP contribution in [-0.2, 0) is 4.79 Å². The number of carbonyl (C=O) groups excluding carboxylic acids is 1. The van der Waals surface area contributed by atoms with Crippen LogP contribution in [0.2, 0.25) is 5.02 Å². The highest BCUT2D eigenvalue weighted by atomic mass is 35.5. The predicted octanol–water partition coefficient (Wildman–Crippen LogP) is 3.30. The lowest BCUT2D eigenvalue weighted by Crippen LogP contribution is -2.28. The van der Waals surface area contributed by atoms with Crippen molar-refractivity contribution in [2.24, 2.45) is 0 Å². The van der Waals surface area contributed by atoms with Crippen LogP contribution in [0.25, 0.3) is 0 Å². The zero-order valence-corrected chi connectivity index (χ0v) is 12.6. The van der Waals surface area contributed by atoms with Gasteiger partial charge in [-0.3, -0.25) is 4.79 Å². The molecule has 0 bridgehead atoms. The molecule has 0 radical (unpaired) electrons. The molecule has 0 saturated carbocycles. The Balaban J connectivity index is 2.32. The number of amides is 1. The van der Waals surface area contributed by atoms with E-state index in [9.17, 15) is 4.79 Å². The van der Waals surface area contributed by atoms with Crippen molar-refractivity contribution in [1.82, 2.24) is 10.6 Å². The maximum Gasteiger partial charge on any atom is 0.220 e. The Hall–Kier alpha value is -1.06. The molecule has 1 unspecified atom stereocenters. The fourth-order valence-electron chi connectivity index (χ4n) is 1.81. The first kappa shape index (κ1) is 16.0. The second-order valence-corrected chi connectivity index (χ2v) is 5.49. The summed E-state index contributed by atoms with van der Waals surface area (Å²) in [7, 11) is 0. The molecule has 1 aromatic rings.